The van der Waals surface area contributed by atoms with Crippen LogP contribution in [-0.4, -0.2) is 34.6 Å². The van der Waals surface area contributed by atoms with Crippen molar-refractivity contribution in [2.24, 2.45) is 5.73 Å². The van der Waals surface area contributed by atoms with Crippen molar-refractivity contribution in [3.05, 3.63) is 28.5 Å². The number of aryl methyl sites for hydroxylation is 1. The Hall–Kier alpha value is -1.11. The van der Waals surface area contributed by atoms with Gasteiger partial charge in [-0.1, -0.05) is 15.9 Å². The van der Waals surface area contributed by atoms with Crippen LogP contribution >= 0.6 is 27.5 Å². The van der Waals surface area contributed by atoms with E-state index in [2.05, 4.69) is 25.5 Å². The quantitative estimate of drug-likeness (QED) is 0.607. The Morgan fingerprint density at radius 3 is 3.00 bits per heavy atom. The molecule has 0 aliphatic rings. The van der Waals surface area contributed by atoms with E-state index in [1.165, 1.54) is 0 Å². The Morgan fingerprint density at radius 1 is 1.50 bits per heavy atom. The number of rotatable bonds is 7. The summed E-state index contributed by atoms with van der Waals surface area (Å²) in [6.07, 6.45) is 0.684. The second-order valence-corrected chi connectivity index (χ2v) is 5.56. The normalized spacial score (nSPS) is 11.1. The third kappa shape index (κ3) is 3.71. The number of carbonyl (C=O) groups is 1. The van der Waals surface area contributed by atoms with Gasteiger partial charge in [-0.05, 0) is 18.2 Å². The summed E-state index contributed by atoms with van der Waals surface area (Å²) in [5.41, 5.74) is 6.97. The van der Waals surface area contributed by atoms with Crippen molar-refractivity contribution in [3.63, 3.8) is 0 Å². The molecule has 1 aromatic heterocycles. The van der Waals surface area contributed by atoms with Gasteiger partial charge in [-0.3, -0.25) is 4.79 Å². The first-order chi connectivity index (χ1) is 9.61. The molecule has 1 aromatic carbocycles. The third-order valence-electron chi connectivity index (χ3n) is 2.81. The molecule has 0 saturated heterocycles. The SMILES string of the molecule is NC(=O)COCCn1c(CCCl)nc2cc(Br)ccc21. The van der Waals surface area contributed by atoms with Gasteiger partial charge in [-0.15, -0.1) is 11.6 Å². The highest BCUT2D eigenvalue weighted by atomic mass is 79.9. The predicted molar refractivity (Wildman–Crippen MR) is 81.9 cm³/mol. The van der Waals surface area contributed by atoms with Crippen molar-refractivity contribution in [1.29, 1.82) is 0 Å². The highest BCUT2D eigenvalue weighted by Gasteiger charge is 2.10. The molecule has 0 unspecified atom stereocenters. The number of imidazole rings is 1. The van der Waals surface area contributed by atoms with Crippen LogP contribution in [0.4, 0.5) is 0 Å². The fourth-order valence-corrected chi connectivity index (χ4v) is 2.52. The van der Waals surface area contributed by atoms with Gasteiger partial charge in [0.15, 0.2) is 0 Å². The first-order valence-corrected chi connectivity index (χ1v) is 7.51. The first-order valence-electron chi connectivity index (χ1n) is 6.18. The summed E-state index contributed by atoms with van der Waals surface area (Å²) in [6.45, 7) is 0.945. The highest BCUT2D eigenvalue weighted by molar-refractivity contribution is 9.10. The summed E-state index contributed by atoms with van der Waals surface area (Å²) in [5.74, 6) is 0.952. The van der Waals surface area contributed by atoms with E-state index in [4.69, 9.17) is 22.1 Å². The Morgan fingerprint density at radius 2 is 2.30 bits per heavy atom. The molecule has 1 amide bonds. The molecule has 2 aromatic rings. The molecular formula is C13H15BrClN3O2. The molecule has 0 spiro atoms. The summed E-state index contributed by atoms with van der Waals surface area (Å²) < 4.78 is 8.25. The first kappa shape index (κ1) is 15.3. The molecule has 0 atom stereocenters. The number of alkyl halides is 1. The standard InChI is InChI=1S/C13H15BrClN3O2/c14-9-1-2-11-10(7-9)17-13(3-4-15)18(11)5-6-20-8-12(16)19/h1-2,7H,3-6,8H2,(H2,16,19). The maximum absolute atomic E-state index is 10.6. The van der Waals surface area contributed by atoms with Crippen LogP contribution in [0.15, 0.2) is 22.7 Å². The minimum absolute atomic E-state index is 0.0665. The van der Waals surface area contributed by atoms with Gasteiger partial charge < -0.3 is 15.0 Å². The third-order valence-corrected chi connectivity index (χ3v) is 3.49. The summed E-state index contributed by atoms with van der Waals surface area (Å²) >= 11 is 9.25. The van der Waals surface area contributed by atoms with E-state index in [1.54, 1.807) is 0 Å². The molecular weight excluding hydrogens is 346 g/mol. The zero-order valence-electron chi connectivity index (χ0n) is 10.8. The lowest BCUT2D eigenvalue weighted by Crippen LogP contribution is -2.20. The van der Waals surface area contributed by atoms with Crippen molar-refractivity contribution in [3.8, 4) is 0 Å². The number of nitrogens with zero attached hydrogens (tertiary/aromatic N) is 2. The summed E-state index contributed by atoms with van der Waals surface area (Å²) in [7, 11) is 0. The zero-order chi connectivity index (χ0) is 14.5. The molecule has 108 valence electrons. The lowest BCUT2D eigenvalue weighted by Gasteiger charge is -2.08. The van der Waals surface area contributed by atoms with Gasteiger partial charge in [-0.25, -0.2) is 4.98 Å². The summed E-state index contributed by atoms with van der Waals surface area (Å²) in [5, 5.41) is 0. The van der Waals surface area contributed by atoms with Crippen molar-refractivity contribution >= 4 is 44.5 Å². The number of aromatic nitrogens is 2. The molecule has 0 saturated carbocycles. The van der Waals surface area contributed by atoms with Crippen LogP contribution in [-0.2, 0) is 22.5 Å². The number of primary amides is 1. The Bertz CT molecular complexity index is 615. The Labute approximate surface area is 130 Å². The van der Waals surface area contributed by atoms with Gasteiger partial charge >= 0.3 is 0 Å². The number of hydrogen-bond acceptors (Lipinski definition) is 3. The molecule has 20 heavy (non-hydrogen) atoms. The van der Waals surface area contributed by atoms with Crippen molar-refractivity contribution < 1.29 is 9.53 Å². The minimum Gasteiger partial charge on any atom is -0.370 e. The summed E-state index contributed by atoms with van der Waals surface area (Å²) in [4.78, 5) is 15.2. The number of fused-ring (bicyclic) bond motifs is 1. The number of ether oxygens (including phenoxy) is 1. The number of benzene rings is 1. The molecule has 0 aliphatic carbocycles. The van der Waals surface area contributed by atoms with Crippen molar-refractivity contribution in [2.75, 3.05) is 19.1 Å². The van der Waals surface area contributed by atoms with E-state index in [0.717, 1.165) is 21.3 Å². The van der Waals surface area contributed by atoms with E-state index in [0.29, 0.717) is 25.5 Å². The van der Waals surface area contributed by atoms with Crippen LogP contribution in [0.1, 0.15) is 5.82 Å². The lowest BCUT2D eigenvalue weighted by atomic mass is 10.3. The molecule has 2 rings (SSSR count). The second-order valence-electron chi connectivity index (χ2n) is 4.27. The van der Waals surface area contributed by atoms with Gasteiger partial charge in [-0.2, -0.15) is 0 Å². The van der Waals surface area contributed by atoms with Gasteiger partial charge in [0.05, 0.1) is 17.6 Å². The van der Waals surface area contributed by atoms with E-state index in [-0.39, 0.29) is 6.61 Å². The van der Waals surface area contributed by atoms with E-state index >= 15 is 0 Å². The van der Waals surface area contributed by atoms with Crippen LogP contribution in [0.2, 0.25) is 0 Å². The average Bonchev–Trinajstić information content (AvgIpc) is 2.72. The summed E-state index contributed by atoms with van der Waals surface area (Å²) in [6, 6.07) is 5.93. The smallest absolute Gasteiger partial charge is 0.243 e. The van der Waals surface area contributed by atoms with Crippen LogP contribution < -0.4 is 5.73 Å². The highest BCUT2D eigenvalue weighted by Crippen LogP contribution is 2.21. The molecule has 0 aliphatic heterocycles. The number of nitrogens with two attached hydrogens (primary N) is 1. The molecule has 5 nitrogen and oxygen atoms in total. The fraction of sp³-hybridized carbons (Fsp3) is 0.385. The molecule has 2 N–H and O–H groups in total. The van der Waals surface area contributed by atoms with Crippen molar-refractivity contribution in [1.82, 2.24) is 9.55 Å². The predicted octanol–water partition coefficient (Wildman–Crippen LogP) is 2.08. The van der Waals surface area contributed by atoms with Gasteiger partial charge in [0.2, 0.25) is 5.91 Å². The zero-order valence-corrected chi connectivity index (χ0v) is 13.2. The average molecular weight is 361 g/mol. The van der Waals surface area contributed by atoms with Gasteiger partial charge in [0.25, 0.3) is 0 Å². The molecule has 0 bridgehead atoms. The van der Waals surface area contributed by atoms with E-state index in [9.17, 15) is 4.79 Å². The maximum atomic E-state index is 10.6. The largest absolute Gasteiger partial charge is 0.370 e. The van der Waals surface area contributed by atoms with E-state index in [1.807, 2.05) is 18.2 Å². The minimum atomic E-state index is -0.467. The van der Waals surface area contributed by atoms with Crippen LogP contribution in [0.5, 0.6) is 0 Å². The number of amides is 1. The van der Waals surface area contributed by atoms with Gasteiger partial charge in [0.1, 0.15) is 12.4 Å². The second kappa shape index (κ2) is 7.06. The lowest BCUT2D eigenvalue weighted by molar-refractivity contribution is -0.122. The Balaban J connectivity index is 2.19. The van der Waals surface area contributed by atoms with Gasteiger partial charge in [0, 0.05) is 23.3 Å². The number of hydrogen-bond donors (Lipinski definition) is 1. The molecule has 0 fully saturated rings. The monoisotopic (exact) mass is 359 g/mol. The van der Waals surface area contributed by atoms with Crippen molar-refractivity contribution in [2.45, 2.75) is 13.0 Å². The Kier molecular flexibility index (Phi) is 5.39. The molecule has 1 heterocycles. The topological polar surface area (TPSA) is 70.1 Å². The molecule has 7 heteroatoms. The fourth-order valence-electron chi connectivity index (χ4n) is 2.01. The van der Waals surface area contributed by atoms with Crippen LogP contribution in [0.25, 0.3) is 11.0 Å². The van der Waals surface area contributed by atoms with Crippen LogP contribution in [0.3, 0.4) is 0 Å². The molecule has 0 radical (unpaired) electrons. The number of halogens is 2. The van der Waals surface area contributed by atoms with E-state index < -0.39 is 5.91 Å². The number of carbonyl (C=O) groups excluding carboxylic acids is 1. The van der Waals surface area contributed by atoms with Crippen LogP contribution in [0, 0.1) is 0 Å². The maximum Gasteiger partial charge on any atom is 0.243 e.